The summed E-state index contributed by atoms with van der Waals surface area (Å²) in [5, 5.41) is 2.04. The second-order valence-corrected chi connectivity index (χ2v) is 9.48. The summed E-state index contributed by atoms with van der Waals surface area (Å²) in [6.07, 6.45) is 2.71. The number of piperidine rings is 1. The third kappa shape index (κ3) is 5.09. The van der Waals surface area contributed by atoms with Gasteiger partial charge in [-0.25, -0.2) is 17.9 Å². The maximum Gasteiger partial charge on any atom is 0.409 e. The SMILES string of the molecule is COC(=O)N1CCCC(NS(C)(=O)=O)C1Cc1cccc(-c2cccs2)c1. The van der Waals surface area contributed by atoms with Crippen LogP contribution in [0.3, 0.4) is 0 Å². The van der Waals surface area contributed by atoms with Gasteiger partial charge in [0.25, 0.3) is 0 Å². The highest BCUT2D eigenvalue weighted by molar-refractivity contribution is 7.88. The highest BCUT2D eigenvalue weighted by Gasteiger charge is 2.36. The molecule has 1 saturated heterocycles. The molecule has 2 unspecified atom stereocenters. The molecule has 0 radical (unpaired) electrons. The molecule has 2 atom stereocenters. The van der Waals surface area contributed by atoms with E-state index in [4.69, 9.17) is 4.74 Å². The van der Waals surface area contributed by atoms with Gasteiger partial charge >= 0.3 is 6.09 Å². The quantitative estimate of drug-likeness (QED) is 0.825. The van der Waals surface area contributed by atoms with E-state index in [0.717, 1.165) is 23.8 Å². The van der Waals surface area contributed by atoms with Gasteiger partial charge < -0.3 is 9.64 Å². The summed E-state index contributed by atoms with van der Waals surface area (Å²) in [5.41, 5.74) is 2.18. The predicted molar refractivity (Wildman–Crippen MR) is 107 cm³/mol. The molecule has 0 spiro atoms. The number of rotatable bonds is 5. The highest BCUT2D eigenvalue weighted by Crippen LogP contribution is 2.28. The van der Waals surface area contributed by atoms with Gasteiger partial charge in [0, 0.05) is 17.5 Å². The molecule has 0 saturated carbocycles. The second-order valence-electron chi connectivity index (χ2n) is 6.75. The number of amides is 1. The van der Waals surface area contributed by atoms with Gasteiger partial charge in [0.2, 0.25) is 10.0 Å². The first kappa shape index (κ1) is 19.9. The van der Waals surface area contributed by atoms with Crippen LogP contribution in [0.1, 0.15) is 18.4 Å². The smallest absolute Gasteiger partial charge is 0.409 e. The van der Waals surface area contributed by atoms with Gasteiger partial charge in [-0.05, 0) is 41.8 Å². The molecule has 8 heteroatoms. The lowest BCUT2D eigenvalue weighted by atomic mass is 9.91. The number of benzene rings is 1. The Kier molecular flexibility index (Phi) is 6.18. The maximum absolute atomic E-state index is 12.3. The van der Waals surface area contributed by atoms with E-state index < -0.39 is 16.1 Å². The van der Waals surface area contributed by atoms with Crippen LogP contribution in [-0.4, -0.2) is 51.4 Å². The van der Waals surface area contributed by atoms with Crippen LogP contribution in [0.2, 0.25) is 0 Å². The Morgan fingerprint density at radius 3 is 2.81 bits per heavy atom. The second kappa shape index (κ2) is 8.41. The van der Waals surface area contributed by atoms with Gasteiger partial charge in [0.1, 0.15) is 0 Å². The standard InChI is InChI=1S/C19H24N2O4S2/c1-25-19(22)21-10-4-8-16(20-27(2,23)24)17(21)13-14-6-3-7-15(12-14)18-9-5-11-26-18/h3,5-7,9,11-12,16-17,20H,4,8,10,13H2,1-2H3. The number of hydrogen-bond acceptors (Lipinski definition) is 5. The summed E-state index contributed by atoms with van der Waals surface area (Å²) < 4.78 is 31.3. The number of carbonyl (C=O) groups is 1. The zero-order chi connectivity index (χ0) is 19.4. The average Bonchev–Trinajstić information content (AvgIpc) is 3.16. The molecule has 0 bridgehead atoms. The predicted octanol–water partition coefficient (Wildman–Crippen LogP) is 3.11. The van der Waals surface area contributed by atoms with Crippen LogP contribution < -0.4 is 4.72 Å². The minimum Gasteiger partial charge on any atom is -0.453 e. The van der Waals surface area contributed by atoms with Gasteiger partial charge in [-0.1, -0.05) is 30.3 Å². The van der Waals surface area contributed by atoms with Crippen molar-refractivity contribution in [1.29, 1.82) is 0 Å². The summed E-state index contributed by atoms with van der Waals surface area (Å²) in [6.45, 7) is 0.559. The first-order valence-electron chi connectivity index (χ1n) is 8.82. The summed E-state index contributed by atoms with van der Waals surface area (Å²) in [4.78, 5) is 15.1. The van der Waals surface area contributed by atoms with Crippen LogP contribution >= 0.6 is 11.3 Å². The lowest BCUT2D eigenvalue weighted by molar-refractivity contribution is 0.0792. The number of ether oxygens (including phenoxy) is 1. The Hall–Kier alpha value is -1.90. The van der Waals surface area contributed by atoms with Gasteiger partial charge in [-0.3, -0.25) is 0 Å². The molecule has 0 aliphatic carbocycles. The molecule has 6 nitrogen and oxygen atoms in total. The van der Waals surface area contributed by atoms with E-state index in [9.17, 15) is 13.2 Å². The van der Waals surface area contributed by atoms with Gasteiger partial charge in [-0.15, -0.1) is 11.3 Å². The van der Waals surface area contributed by atoms with Crippen molar-refractivity contribution in [2.45, 2.75) is 31.3 Å². The zero-order valence-electron chi connectivity index (χ0n) is 15.4. The van der Waals surface area contributed by atoms with E-state index in [-0.39, 0.29) is 12.1 Å². The molecule has 1 amide bonds. The first-order valence-corrected chi connectivity index (χ1v) is 11.6. The first-order chi connectivity index (χ1) is 12.9. The van der Waals surface area contributed by atoms with Crippen molar-refractivity contribution in [2.75, 3.05) is 19.9 Å². The number of methoxy groups -OCH3 is 1. The van der Waals surface area contributed by atoms with Gasteiger partial charge in [0.05, 0.1) is 19.4 Å². The average molecular weight is 409 g/mol. The summed E-state index contributed by atoms with van der Waals surface area (Å²) in [5.74, 6) is 0. The largest absolute Gasteiger partial charge is 0.453 e. The van der Waals surface area contributed by atoms with E-state index >= 15 is 0 Å². The number of sulfonamides is 1. The molecule has 1 aromatic carbocycles. The lowest BCUT2D eigenvalue weighted by Gasteiger charge is -2.40. The van der Waals surface area contributed by atoms with Crippen molar-refractivity contribution < 1.29 is 17.9 Å². The van der Waals surface area contributed by atoms with Crippen LogP contribution in [0.4, 0.5) is 4.79 Å². The van der Waals surface area contributed by atoms with E-state index in [1.165, 1.54) is 12.0 Å². The van der Waals surface area contributed by atoms with Crippen LogP contribution in [0.5, 0.6) is 0 Å². The summed E-state index contributed by atoms with van der Waals surface area (Å²) in [6, 6.07) is 11.6. The Labute approximate surface area is 164 Å². The third-order valence-electron chi connectivity index (χ3n) is 4.73. The molecule has 2 aromatic rings. The van der Waals surface area contributed by atoms with Gasteiger partial charge in [-0.2, -0.15) is 0 Å². The highest BCUT2D eigenvalue weighted by atomic mass is 32.2. The third-order valence-corrected chi connectivity index (χ3v) is 6.38. The van der Waals surface area contributed by atoms with Crippen LogP contribution in [0.15, 0.2) is 41.8 Å². The number of nitrogens with one attached hydrogen (secondary N) is 1. The monoisotopic (exact) mass is 408 g/mol. The van der Waals surface area contributed by atoms with E-state index in [1.54, 1.807) is 16.2 Å². The fourth-order valence-corrected chi connectivity index (χ4v) is 5.15. The van der Waals surface area contributed by atoms with Crippen molar-refractivity contribution in [3.05, 3.63) is 47.3 Å². The molecular weight excluding hydrogens is 384 g/mol. The molecule has 146 valence electrons. The number of carbonyl (C=O) groups excluding carboxylic acids is 1. The van der Waals surface area contributed by atoms with Gasteiger partial charge in [0.15, 0.2) is 0 Å². The maximum atomic E-state index is 12.3. The molecule has 1 aliphatic heterocycles. The van der Waals surface area contributed by atoms with Crippen molar-refractivity contribution in [2.24, 2.45) is 0 Å². The minimum absolute atomic E-state index is 0.292. The fraction of sp³-hybridized carbons (Fsp3) is 0.421. The Morgan fingerprint density at radius 2 is 2.15 bits per heavy atom. The molecule has 1 aliphatic rings. The fourth-order valence-electron chi connectivity index (χ4n) is 3.60. The summed E-state index contributed by atoms with van der Waals surface area (Å²) in [7, 11) is -2.02. The molecule has 2 heterocycles. The lowest BCUT2D eigenvalue weighted by Crippen LogP contribution is -2.57. The normalized spacial score (nSPS) is 20.4. The molecule has 3 rings (SSSR count). The summed E-state index contributed by atoms with van der Waals surface area (Å²) >= 11 is 1.67. The van der Waals surface area contributed by atoms with E-state index in [1.807, 2.05) is 23.6 Å². The van der Waals surface area contributed by atoms with E-state index in [0.29, 0.717) is 19.4 Å². The van der Waals surface area contributed by atoms with Crippen LogP contribution in [0.25, 0.3) is 10.4 Å². The number of likely N-dealkylation sites (tertiary alicyclic amines) is 1. The Bertz CT molecular complexity index is 881. The van der Waals surface area contributed by atoms with Crippen molar-refractivity contribution >= 4 is 27.5 Å². The Balaban J connectivity index is 1.88. The zero-order valence-corrected chi connectivity index (χ0v) is 17.1. The van der Waals surface area contributed by atoms with Crippen LogP contribution in [-0.2, 0) is 21.2 Å². The van der Waals surface area contributed by atoms with Crippen molar-refractivity contribution in [3.63, 3.8) is 0 Å². The molecule has 1 fully saturated rings. The topological polar surface area (TPSA) is 75.7 Å². The molecule has 1 N–H and O–H groups in total. The number of nitrogens with zero attached hydrogens (tertiary/aromatic N) is 1. The number of thiophene rings is 1. The minimum atomic E-state index is -3.38. The van der Waals surface area contributed by atoms with Crippen molar-refractivity contribution in [1.82, 2.24) is 9.62 Å². The molecular formula is C19H24N2O4S2. The Morgan fingerprint density at radius 1 is 1.33 bits per heavy atom. The van der Waals surface area contributed by atoms with E-state index in [2.05, 4.69) is 22.9 Å². The van der Waals surface area contributed by atoms with Crippen molar-refractivity contribution in [3.8, 4) is 10.4 Å². The number of hydrogen-bond donors (Lipinski definition) is 1. The van der Waals surface area contributed by atoms with Crippen LogP contribution in [0, 0.1) is 0 Å². The molecule has 1 aromatic heterocycles. The molecule has 27 heavy (non-hydrogen) atoms.